The van der Waals surface area contributed by atoms with E-state index >= 15 is 0 Å². The van der Waals surface area contributed by atoms with Gasteiger partial charge in [-0.1, -0.05) is 0 Å². The summed E-state index contributed by atoms with van der Waals surface area (Å²) in [5.74, 6) is 0. The molecule has 0 aliphatic carbocycles. The Morgan fingerprint density at radius 2 is 1.33 bits per heavy atom. The molecule has 5 heteroatoms. The van der Waals surface area contributed by atoms with E-state index in [1.165, 1.54) is 0 Å². The number of rotatable bonds is 0. The van der Waals surface area contributed by atoms with Crippen molar-refractivity contribution < 1.29 is 85.9 Å². The van der Waals surface area contributed by atoms with E-state index in [1.54, 1.807) is 0 Å². The number of hydrogen-bond acceptors (Lipinski definition) is 3. The van der Waals surface area contributed by atoms with E-state index in [2.05, 4.69) is 0 Å². The SMILES string of the molecule is O=C([O-])[O-].[K+].[Zn+2]. The van der Waals surface area contributed by atoms with Crippen LogP contribution in [0.25, 0.3) is 0 Å². The number of hydrogen-bond donors (Lipinski definition) is 0. The Morgan fingerprint density at radius 3 is 1.33 bits per heavy atom. The average Bonchev–Trinajstić information content (AvgIpc) is 0.811. The fourth-order valence-electron chi connectivity index (χ4n) is 0. The van der Waals surface area contributed by atoms with Crippen LogP contribution in [-0.2, 0) is 19.5 Å². The van der Waals surface area contributed by atoms with Crippen molar-refractivity contribution in [2.45, 2.75) is 0 Å². The molecule has 0 atom stereocenters. The molecule has 0 aromatic carbocycles. The van der Waals surface area contributed by atoms with Gasteiger partial charge in [-0.3, -0.25) is 0 Å². The first-order valence-corrected chi connectivity index (χ1v) is 0.612. The Kier molecular flexibility index (Phi) is 25.4. The first-order valence-electron chi connectivity index (χ1n) is 0.612. The van der Waals surface area contributed by atoms with Gasteiger partial charge in [0.1, 0.15) is 0 Å². The first-order chi connectivity index (χ1) is 1.73. The van der Waals surface area contributed by atoms with E-state index in [9.17, 15) is 0 Å². The summed E-state index contributed by atoms with van der Waals surface area (Å²) in [5, 5.41) is 16.7. The van der Waals surface area contributed by atoms with Crippen LogP contribution in [0.1, 0.15) is 0 Å². The van der Waals surface area contributed by atoms with E-state index in [-0.39, 0.29) is 70.9 Å². The minimum atomic E-state index is -2.33. The molecule has 6 heavy (non-hydrogen) atoms. The zero-order valence-corrected chi connectivity index (χ0v) is 9.52. The summed E-state index contributed by atoms with van der Waals surface area (Å²) in [5.41, 5.74) is 0. The maximum absolute atomic E-state index is 8.33. The molecule has 0 heterocycles. The van der Waals surface area contributed by atoms with Gasteiger partial charge in [0.2, 0.25) is 0 Å². The van der Waals surface area contributed by atoms with Gasteiger partial charge < -0.3 is 15.0 Å². The van der Waals surface area contributed by atoms with Gasteiger partial charge in [0, 0.05) is 0 Å². The minimum Gasteiger partial charge on any atom is -0.652 e. The molecular weight excluding hydrogens is 164 g/mol. The third kappa shape index (κ3) is 48.5. The average molecular weight is 164 g/mol. The van der Waals surface area contributed by atoms with E-state index in [0.717, 1.165) is 0 Å². The quantitative estimate of drug-likeness (QED) is 0.336. The van der Waals surface area contributed by atoms with Gasteiger partial charge in [-0.25, -0.2) is 0 Å². The van der Waals surface area contributed by atoms with Gasteiger partial charge in [0.15, 0.2) is 0 Å². The second kappa shape index (κ2) is 9.73. The maximum Gasteiger partial charge on any atom is 2.00 e. The predicted octanol–water partition coefficient (Wildman–Crippen LogP) is -5.45. The van der Waals surface area contributed by atoms with Gasteiger partial charge in [0.05, 0.1) is 0 Å². The molecule has 0 N–H and O–H groups in total. The Balaban J connectivity index is -0.0000000450. The summed E-state index contributed by atoms with van der Waals surface area (Å²) in [6, 6.07) is 0. The van der Waals surface area contributed by atoms with Crippen molar-refractivity contribution in [3.05, 3.63) is 0 Å². The summed E-state index contributed by atoms with van der Waals surface area (Å²) in [6.07, 6.45) is -2.33. The van der Waals surface area contributed by atoms with Gasteiger partial charge in [-0.15, -0.1) is 0 Å². The Bertz CT molecular complexity index is 33.8. The molecule has 0 saturated carbocycles. The van der Waals surface area contributed by atoms with Crippen molar-refractivity contribution in [2.24, 2.45) is 0 Å². The summed E-state index contributed by atoms with van der Waals surface area (Å²) < 4.78 is 0. The van der Waals surface area contributed by atoms with Crippen LogP contribution in [0.4, 0.5) is 4.79 Å². The number of carbonyl (C=O) groups excluding carboxylic acids is 1. The molecule has 3 nitrogen and oxygen atoms in total. The van der Waals surface area contributed by atoms with E-state index in [0.29, 0.717) is 0 Å². The Hall–Kier alpha value is 1.53. The maximum atomic E-state index is 8.33. The van der Waals surface area contributed by atoms with Crippen LogP contribution in [0.15, 0.2) is 0 Å². The molecule has 0 fully saturated rings. The molecule has 0 bridgehead atoms. The van der Waals surface area contributed by atoms with E-state index in [1.807, 2.05) is 0 Å². The normalized spacial score (nSPS) is 4.00. The second-order valence-electron chi connectivity index (χ2n) is 0.250. The van der Waals surface area contributed by atoms with Crippen molar-refractivity contribution in [2.75, 3.05) is 0 Å². The Labute approximate surface area is 90.3 Å². The topological polar surface area (TPSA) is 63.2 Å². The van der Waals surface area contributed by atoms with Crippen LogP contribution in [0.2, 0.25) is 0 Å². The summed E-state index contributed by atoms with van der Waals surface area (Å²) in [7, 11) is 0. The van der Waals surface area contributed by atoms with Crippen molar-refractivity contribution >= 4 is 6.16 Å². The van der Waals surface area contributed by atoms with Gasteiger partial charge in [-0.2, -0.15) is 0 Å². The van der Waals surface area contributed by atoms with E-state index < -0.39 is 6.16 Å². The van der Waals surface area contributed by atoms with Crippen molar-refractivity contribution in [3.63, 3.8) is 0 Å². The first kappa shape index (κ1) is 15.6. The largest absolute Gasteiger partial charge is 2.00 e. The third-order valence-electron chi connectivity index (χ3n) is 0. The number of carbonyl (C=O) groups is 1. The number of carboxylic acid groups (broad SMARTS) is 2. The van der Waals surface area contributed by atoms with Crippen molar-refractivity contribution in [1.29, 1.82) is 0 Å². The second-order valence-corrected chi connectivity index (χ2v) is 0.250. The summed E-state index contributed by atoms with van der Waals surface area (Å²) in [6.45, 7) is 0. The molecular formula is CKO3Zn+. The van der Waals surface area contributed by atoms with Crippen LogP contribution < -0.4 is 61.6 Å². The fourth-order valence-corrected chi connectivity index (χ4v) is 0. The molecule has 24 valence electrons. The van der Waals surface area contributed by atoms with Crippen LogP contribution >= 0.6 is 0 Å². The predicted molar refractivity (Wildman–Crippen MR) is 5.40 cm³/mol. The van der Waals surface area contributed by atoms with E-state index in [4.69, 9.17) is 15.0 Å². The Morgan fingerprint density at radius 1 is 1.33 bits per heavy atom. The smallest absolute Gasteiger partial charge is 0.652 e. The van der Waals surface area contributed by atoms with Gasteiger partial charge in [0.25, 0.3) is 0 Å². The summed E-state index contributed by atoms with van der Waals surface area (Å²) >= 11 is 0. The standard InChI is InChI=1S/CH2O3.K.Zn/c2-1(3)4;;/h(H2,2,3,4);;/q;+1;+2/p-2. The molecule has 0 spiro atoms. The monoisotopic (exact) mass is 163 g/mol. The summed E-state index contributed by atoms with van der Waals surface area (Å²) in [4.78, 5) is 8.33. The molecule has 0 saturated heterocycles. The van der Waals surface area contributed by atoms with Gasteiger partial charge >= 0.3 is 70.9 Å². The zero-order valence-electron chi connectivity index (χ0n) is 3.43. The van der Waals surface area contributed by atoms with Crippen molar-refractivity contribution in [3.8, 4) is 0 Å². The molecule has 0 rings (SSSR count). The molecule has 0 aliphatic heterocycles. The molecule has 0 unspecified atom stereocenters. The van der Waals surface area contributed by atoms with Crippen LogP contribution in [-0.4, -0.2) is 6.16 Å². The van der Waals surface area contributed by atoms with Crippen molar-refractivity contribution in [1.82, 2.24) is 0 Å². The molecule has 0 amide bonds. The molecule has 0 aromatic heterocycles. The fraction of sp³-hybridized carbons (Fsp3) is 0. The van der Waals surface area contributed by atoms with Crippen LogP contribution in [0, 0.1) is 0 Å². The van der Waals surface area contributed by atoms with Crippen LogP contribution in [0.5, 0.6) is 0 Å². The molecule has 0 aromatic rings. The van der Waals surface area contributed by atoms with Gasteiger partial charge in [-0.05, 0) is 6.16 Å². The van der Waals surface area contributed by atoms with Crippen LogP contribution in [0.3, 0.4) is 0 Å². The molecule has 0 radical (unpaired) electrons. The minimum absolute atomic E-state index is 0. The third-order valence-corrected chi connectivity index (χ3v) is 0. The molecule has 0 aliphatic rings. The zero-order chi connectivity index (χ0) is 3.58.